The van der Waals surface area contributed by atoms with Crippen molar-refractivity contribution in [1.82, 2.24) is 0 Å². The van der Waals surface area contributed by atoms with E-state index in [9.17, 15) is 0 Å². The number of hydrogen-bond donors (Lipinski definition) is 2. The Kier molecular flexibility index (Phi) is 2.33. The van der Waals surface area contributed by atoms with E-state index in [2.05, 4.69) is 30.3 Å². The molecule has 5 rings (SSSR count). The van der Waals surface area contributed by atoms with E-state index in [0.717, 1.165) is 11.8 Å². The summed E-state index contributed by atoms with van der Waals surface area (Å²) in [6.45, 7) is 0. The van der Waals surface area contributed by atoms with Gasteiger partial charge in [0.15, 0.2) is 0 Å². The lowest BCUT2D eigenvalue weighted by atomic mass is 9.43. The highest BCUT2D eigenvalue weighted by atomic mass is 14.8. The van der Waals surface area contributed by atoms with Crippen LogP contribution in [0.1, 0.15) is 37.7 Å². The van der Waals surface area contributed by atoms with Crippen molar-refractivity contribution in [3.05, 3.63) is 35.9 Å². The van der Waals surface area contributed by atoms with E-state index in [-0.39, 0.29) is 5.41 Å². The van der Waals surface area contributed by atoms with Crippen LogP contribution in [0.5, 0.6) is 0 Å². The minimum atomic E-state index is -0.144. The van der Waals surface area contributed by atoms with Gasteiger partial charge in [-0.2, -0.15) is 0 Å². The molecule has 4 aliphatic carbocycles. The van der Waals surface area contributed by atoms with Gasteiger partial charge in [-0.05, 0) is 61.3 Å². The zero-order valence-corrected chi connectivity index (χ0v) is 11.3. The second kappa shape index (κ2) is 3.84. The molecule has 2 heteroatoms. The van der Waals surface area contributed by atoms with Crippen LogP contribution in [0.15, 0.2) is 30.3 Å². The number of nitrogens with one attached hydrogen (secondary N) is 1. The third-order valence-corrected chi connectivity index (χ3v) is 6.12. The second-order valence-electron chi connectivity index (χ2n) is 6.95. The highest BCUT2D eigenvalue weighted by Gasteiger charge is 2.59. The predicted molar refractivity (Wildman–Crippen MR) is 77.1 cm³/mol. The molecule has 0 atom stereocenters. The van der Waals surface area contributed by atoms with Crippen LogP contribution < -0.4 is 5.73 Å². The van der Waals surface area contributed by atoms with Crippen molar-refractivity contribution >= 4 is 5.84 Å². The van der Waals surface area contributed by atoms with Gasteiger partial charge in [0.1, 0.15) is 5.84 Å². The molecule has 1 aromatic rings. The number of nitrogens with two attached hydrogens (primary N) is 1. The molecule has 4 fully saturated rings. The largest absolute Gasteiger partial charge is 0.387 e. The van der Waals surface area contributed by atoms with Gasteiger partial charge in [0.2, 0.25) is 0 Å². The maximum atomic E-state index is 8.33. The van der Waals surface area contributed by atoms with Crippen LogP contribution in [0.25, 0.3) is 0 Å². The quantitative estimate of drug-likeness (QED) is 0.617. The summed E-state index contributed by atoms with van der Waals surface area (Å²) < 4.78 is 0. The van der Waals surface area contributed by atoms with Crippen molar-refractivity contribution < 1.29 is 0 Å². The molecule has 4 aliphatic rings. The second-order valence-corrected chi connectivity index (χ2v) is 6.95. The van der Waals surface area contributed by atoms with E-state index >= 15 is 0 Å². The third kappa shape index (κ3) is 1.40. The van der Waals surface area contributed by atoms with Gasteiger partial charge in [0.25, 0.3) is 0 Å². The highest BCUT2D eigenvalue weighted by molar-refractivity contribution is 5.90. The van der Waals surface area contributed by atoms with Crippen molar-refractivity contribution in [2.24, 2.45) is 29.4 Å². The van der Waals surface area contributed by atoms with Gasteiger partial charge in [0.05, 0.1) is 5.41 Å². The minimum Gasteiger partial charge on any atom is -0.387 e. The Labute approximate surface area is 114 Å². The molecule has 4 bridgehead atoms. The summed E-state index contributed by atoms with van der Waals surface area (Å²) in [5.41, 5.74) is 7.33. The van der Waals surface area contributed by atoms with Crippen LogP contribution in [0, 0.1) is 29.1 Å². The van der Waals surface area contributed by atoms with E-state index in [1.54, 1.807) is 0 Å². The van der Waals surface area contributed by atoms with Crippen molar-refractivity contribution in [2.45, 2.75) is 37.5 Å². The Morgan fingerprint density at radius 2 is 1.47 bits per heavy atom. The predicted octanol–water partition coefficient (Wildman–Crippen LogP) is 3.32. The first-order valence-corrected chi connectivity index (χ1v) is 7.61. The van der Waals surface area contributed by atoms with Gasteiger partial charge in [-0.1, -0.05) is 30.3 Å². The topological polar surface area (TPSA) is 49.9 Å². The fraction of sp³-hybridized carbons (Fsp3) is 0.588. The lowest BCUT2D eigenvalue weighted by molar-refractivity contribution is -0.0300. The monoisotopic (exact) mass is 254 g/mol. The Hall–Kier alpha value is -1.31. The molecule has 2 nitrogen and oxygen atoms in total. The SMILES string of the molecule is N=C(N)C1(c2ccccc2)C2CC3CC(C2)CC1C3. The standard InChI is InChI=1S/C17H22N2/c18-16(19)17(13-4-2-1-3-5-13)14-7-11-6-12(9-14)10-15(17)8-11/h1-5,11-12,14-15H,6-10H2,(H3,18,19). The normalized spacial score (nSPS) is 43.4. The fourth-order valence-electron chi connectivity index (χ4n) is 5.71. The van der Waals surface area contributed by atoms with E-state index in [0.29, 0.717) is 17.7 Å². The van der Waals surface area contributed by atoms with Gasteiger partial charge in [-0.15, -0.1) is 0 Å². The van der Waals surface area contributed by atoms with E-state index in [4.69, 9.17) is 11.1 Å². The molecule has 100 valence electrons. The van der Waals surface area contributed by atoms with Crippen LogP contribution >= 0.6 is 0 Å². The lowest BCUT2D eigenvalue weighted by Crippen LogP contribution is -2.61. The Morgan fingerprint density at radius 3 is 1.95 bits per heavy atom. The van der Waals surface area contributed by atoms with E-state index in [1.807, 2.05) is 0 Å². The molecule has 0 unspecified atom stereocenters. The van der Waals surface area contributed by atoms with Crippen molar-refractivity contribution in [3.63, 3.8) is 0 Å². The summed E-state index contributed by atoms with van der Waals surface area (Å²) in [6, 6.07) is 10.7. The smallest absolute Gasteiger partial charge is 0.102 e. The van der Waals surface area contributed by atoms with Gasteiger partial charge < -0.3 is 5.73 Å². The average Bonchev–Trinajstić information content (AvgIpc) is 2.39. The summed E-state index contributed by atoms with van der Waals surface area (Å²) >= 11 is 0. The van der Waals surface area contributed by atoms with Crippen LogP contribution in [0.4, 0.5) is 0 Å². The molecule has 0 saturated heterocycles. The van der Waals surface area contributed by atoms with Gasteiger partial charge >= 0.3 is 0 Å². The van der Waals surface area contributed by atoms with Crippen LogP contribution in [-0.2, 0) is 5.41 Å². The number of hydrogen-bond acceptors (Lipinski definition) is 1. The zero-order valence-electron chi connectivity index (χ0n) is 11.3. The molecule has 0 heterocycles. The molecular weight excluding hydrogens is 232 g/mol. The fourth-order valence-corrected chi connectivity index (χ4v) is 5.71. The first kappa shape index (κ1) is 11.5. The minimum absolute atomic E-state index is 0.144. The Morgan fingerprint density at radius 1 is 0.947 bits per heavy atom. The van der Waals surface area contributed by atoms with Crippen LogP contribution in [0.3, 0.4) is 0 Å². The summed E-state index contributed by atoms with van der Waals surface area (Å²) in [7, 11) is 0. The molecule has 0 amide bonds. The zero-order chi connectivity index (χ0) is 13.0. The highest BCUT2D eigenvalue weighted by Crippen LogP contribution is 2.62. The molecule has 0 aliphatic heterocycles. The van der Waals surface area contributed by atoms with Gasteiger partial charge in [0, 0.05) is 0 Å². The maximum Gasteiger partial charge on any atom is 0.102 e. The lowest BCUT2D eigenvalue weighted by Gasteiger charge is -2.61. The average molecular weight is 254 g/mol. The first-order valence-electron chi connectivity index (χ1n) is 7.61. The molecule has 0 spiro atoms. The molecule has 0 aromatic heterocycles. The number of rotatable bonds is 2. The van der Waals surface area contributed by atoms with Gasteiger partial charge in [-0.25, -0.2) is 0 Å². The Balaban J connectivity index is 1.87. The summed E-state index contributed by atoms with van der Waals surface area (Å²) in [4.78, 5) is 0. The van der Waals surface area contributed by atoms with Crippen LogP contribution in [-0.4, -0.2) is 5.84 Å². The third-order valence-electron chi connectivity index (χ3n) is 6.12. The molecule has 0 radical (unpaired) electrons. The number of benzene rings is 1. The van der Waals surface area contributed by atoms with Crippen molar-refractivity contribution in [2.75, 3.05) is 0 Å². The molecule has 19 heavy (non-hydrogen) atoms. The molecular formula is C17H22N2. The summed E-state index contributed by atoms with van der Waals surface area (Å²) in [5.74, 6) is 3.48. The van der Waals surface area contributed by atoms with Gasteiger partial charge in [-0.3, -0.25) is 5.41 Å². The van der Waals surface area contributed by atoms with Crippen molar-refractivity contribution in [1.29, 1.82) is 5.41 Å². The molecule has 3 N–H and O–H groups in total. The van der Waals surface area contributed by atoms with E-state index < -0.39 is 0 Å². The van der Waals surface area contributed by atoms with Crippen LogP contribution in [0.2, 0.25) is 0 Å². The summed E-state index contributed by atoms with van der Waals surface area (Å²) in [5, 5.41) is 8.33. The molecule has 4 saturated carbocycles. The van der Waals surface area contributed by atoms with Crippen molar-refractivity contribution in [3.8, 4) is 0 Å². The molecule has 1 aromatic carbocycles. The first-order chi connectivity index (χ1) is 9.21. The van der Waals surface area contributed by atoms with E-state index in [1.165, 1.54) is 37.7 Å². The maximum absolute atomic E-state index is 8.33. The Bertz CT molecular complexity index is 477. The number of amidine groups is 1. The summed E-state index contributed by atoms with van der Waals surface area (Å²) in [6.07, 6.45) is 6.61.